The van der Waals surface area contributed by atoms with Gasteiger partial charge in [-0.3, -0.25) is 14.4 Å². The van der Waals surface area contributed by atoms with Crippen LogP contribution in [0.25, 0.3) is 0 Å². The Labute approximate surface area is 134 Å². The first-order chi connectivity index (χ1) is 10.3. The number of ether oxygens (including phenoxy) is 4. The van der Waals surface area contributed by atoms with E-state index in [9.17, 15) is 14.4 Å². The summed E-state index contributed by atoms with van der Waals surface area (Å²) < 4.78 is 21.1. The van der Waals surface area contributed by atoms with E-state index >= 15 is 0 Å². The molecule has 0 N–H and O–H groups in total. The molecule has 126 valence electrons. The van der Waals surface area contributed by atoms with Gasteiger partial charge in [-0.25, -0.2) is 0 Å². The fourth-order valence-electron chi connectivity index (χ4n) is 2.32. The third kappa shape index (κ3) is 5.81. The lowest BCUT2D eigenvalue weighted by atomic mass is 10.0. The maximum Gasteiger partial charge on any atom is 0.303 e. The first kappa shape index (κ1) is 18.7. The lowest BCUT2D eigenvalue weighted by molar-refractivity contribution is -0.165. The molecule has 2 unspecified atom stereocenters. The van der Waals surface area contributed by atoms with Crippen LogP contribution in [-0.4, -0.2) is 54.8 Å². The zero-order chi connectivity index (χ0) is 16.7. The zero-order valence-electron chi connectivity index (χ0n) is 12.9. The predicted octanol–water partition coefficient (Wildman–Crippen LogP) is 1.20. The molecule has 8 heteroatoms. The lowest BCUT2D eigenvalue weighted by Gasteiger charge is -2.23. The molecule has 0 aromatic heterocycles. The Balaban J connectivity index is 2.87. The molecule has 0 bridgehead atoms. The quantitative estimate of drug-likeness (QED) is 0.392. The molecule has 1 heterocycles. The smallest absolute Gasteiger partial charge is 0.303 e. The van der Waals surface area contributed by atoms with Crippen LogP contribution in [0, 0.1) is 0 Å². The van der Waals surface area contributed by atoms with Gasteiger partial charge in [0, 0.05) is 26.7 Å². The van der Waals surface area contributed by atoms with Gasteiger partial charge in [-0.05, 0) is 12.8 Å². The van der Waals surface area contributed by atoms with Crippen molar-refractivity contribution in [2.75, 3.05) is 12.5 Å². The molecule has 1 aliphatic rings. The Morgan fingerprint density at radius 2 is 1.50 bits per heavy atom. The van der Waals surface area contributed by atoms with Crippen molar-refractivity contribution in [2.24, 2.45) is 0 Å². The summed E-state index contributed by atoms with van der Waals surface area (Å²) in [4.78, 5) is 33.5. The van der Waals surface area contributed by atoms with Gasteiger partial charge in [-0.15, -0.1) is 11.6 Å². The van der Waals surface area contributed by atoms with Crippen molar-refractivity contribution in [1.29, 1.82) is 0 Å². The number of esters is 3. The molecule has 1 rings (SSSR count). The number of alkyl halides is 1. The summed E-state index contributed by atoms with van der Waals surface area (Å²) in [6.07, 6.45) is -1.52. The number of hydrogen-bond donors (Lipinski definition) is 0. The maximum absolute atomic E-state index is 11.3. The van der Waals surface area contributed by atoms with Crippen LogP contribution in [-0.2, 0) is 33.3 Å². The van der Waals surface area contributed by atoms with Crippen molar-refractivity contribution >= 4 is 29.5 Å². The van der Waals surface area contributed by atoms with Crippen LogP contribution in [0.3, 0.4) is 0 Å². The predicted molar refractivity (Wildman–Crippen MR) is 76.4 cm³/mol. The summed E-state index contributed by atoms with van der Waals surface area (Å²) >= 11 is 5.68. The molecule has 0 amide bonds. The summed E-state index contributed by atoms with van der Waals surface area (Å²) in [6.45, 7) is 3.70. The molecule has 0 aromatic carbocycles. The fourth-order valence-corrected chi connectivity index (χ4v) is 2.47. The van der Waals surface area contributed by atoms with Crippen molar-refractivity contribution in [2.45, 2.75) is 58.0 Å². The Hall–Kier alpha value is -1.34. The second kappa shape index (κ2) is 8.95. The Morgan fingerprint density at radius 3 is 1.95 bits per heavy atom. The summed E-state index contributed by atoms with van der Waals surface area (Å²) in [6, 6.07) is 0. The molecule has 1 aliphatic heterocycles. The topological polar surface area (TPSA) is 88.1 Å². The highest BCUT2D eigenvalue weighted by atomic mass is 35.5. The van der Waals surface area contributed by atoms with Crippen LogP contribution in [0.2, 0.25) is 0 Å². The number of carbonyl (C=O) groups is 3. The molecular weight excluding hydrogens is 316 g/mol. The largest absolute Gasteiger partial charge is 0.463 e. The summed E-state index contributed by atoms with van der Waals surface area (Å²) in [5.74, 6) is -1.08. The van der Waals surface area contributed by atoms with Crippen molar-refractivity contribution < 1.29 is 33.3 Å². The van der Waals surface area contributed by atoms with E-state index in [4.69, 9.17) is 30.5 Å². The highest BCUT2D eigenvalue weighted by Gasteiger charge is 2.49. The van der Waals surface area contributed by atoms with E-state index in [1.165, 1.54) is 20.8 Å². The zero-order valence-corrected chi connectivity index (χ0v) is 13.6. The van der Waals surface area contributed by atoms with E-state index in [0.717, 1.165) is 0 Å². The molecule has 0 saturated carbocycles. The Bertz CT molecular complexity index is 412. The number of hydrogen-bond acceptors (Lipinski definition) is 7. The molecule has 0 spiro atoms. The number of rotatable bonds is 7. The number of halogens is 1. The molecule has 1 fully saturated rings. The highest BCUT2D eigenvalue weighted by molar-refractivity contribution is 6.17. The van der Waals surface area contributed by atoms with Crippen LogP contribution in [0.1, 0.15) is 33.6 Å². The standard InChI is InChI=1S/C14H21ClO7/c1-8(16)19-7-12-14(21-10(3)18)13(20-9(2)17)11(22-12)5-4-6-15/h11-14H,4-7H2,1-3H3/t11-,12+,13?,14?/m0/s1. The normalized spacial score (nSPS) is 27.3. The van der Waals surface area contributed by atoms with Gasteiger partial charge in [-0.1, -0.05) is 0 Å². The second-order valence-electron chi connectivity index (χ2n) is 4.99. The van der Waals surface area contributed by atoms with Crippen molar-refractivity contribution in [3.05, 3.63) is 0 Å². The Morgan fingerprint density at radius 1 is 0.955 bits per heavy atom. The molecule has 7 nitrogen and oxygen atoms in total. The van der Waals surface area contributed by atoms with E-state index < -0.39 is 42.3 Å². The third-order valence-electron chi connectivity index (χ3n) is 3.08. The average molecular weight is 337 g/mol. The molecule has 22 heavy (non-hydrogen) atoms. The van der Waals surface area contributed by atoms with E-state index in [0.29, 0.717) is 18.7 Å². The van der Waals surface area contributed by atoms with Crippen LogP contribution >= 0.6 is 11.6 Å². The second-order valence-corrected chi connectivity index (χ2v) is 5.37. The average Bonchev–Trinajstić information content (AvgIpc) is 2.71. The van der Waals surface area contributed by atoms with Crippen molar-refractivity contribution in [1.82, 2.24) is 0 Å². The molecule has 0 aliphatic carbocycles. The summed E-state index contributed by atoms with van der Waals surface area (Å²) in [5.41, 5.74) is 0. The van der Waals surface area contributed by atoms with Crippen LogP contribution in [0.4, 0.5) is 0 Å². The monoisotopic (exact) mass is 336 g/mol. The molecule has 4 atom stereocenters. The Kier molecular flexibility index (Phi) is 7.61. The summed E-state index contributed by atoms with van der Waals surface area (Å²) in [5, 5.41) is 0. The lowest BCUT2D eigenvalue weighted by Crippen LogP contribution is -2.41. The minimum absolute atomic E-state index is 0.0809. The SMILES string of the molecule is CC(=O)OC[C@H]1O[C@@H](CCCCl)C(OC(C)=O)C1OC(C)=O. The van der Waals surface area contributed by atoms with Gasteiger partial charge in [-0.2, -0.15) is 0 Å². The first-order valence-corrected chi connectivity index (χ1v) is 7.57. The van der Waals surface area contributed by atoms with Gasteiger partial charge in [0.15, 0.2) is 12.2 Å². The van der Waals surface area contributed by atoms with Gasteiger partial charge in [0.25, 0.3) is 0 Å². The van der Waals surface area contributed by atoms with Crippen LogP contribution < -0.4 is 0 Å². The third-order valence-corrected chi connectivity index (χ3v) is 3.35. The first-order valence-electron chi connectivity index (χ1n) is 7.04. The van der Waals surface area contributed by atoms with E-state index in [1.54, 1.807) is 0 Å². The highest BCUT2D eigenvalue weighted by Crippen LogP contribution is 2.30. The van der Waals surface area contributed by atoms with Crippen LogP contribution in [0.15, 0.2) is 0 Å². The van der Waals surface area contributed by atoms with Crippen molar-refractivity contribution in [3.8, 4) is 0 Å². The van der Waals surface area contributed by atoms with Gasteiger partial charge in [0.2, 0.25) is 0 Å². The fraction of sp³-hybridized carbons (Fsp3) is 0.786. The molecule has 0 aromatic rings. The molecule has 0 radical (unpaired) electrons. The van der Waals surface area contributed by atoms with Gasteiger partial charge < -0.3 is 18.9 Å². The summed E-state index contributed by atoms with van der Waals surface area (Å²) in [7, 11) is 0. The van der Waals surface area contributed by atoms with E-state index in [1.807, 2.05) is 0 Å². The van der Waals surface area contributed by atoms with Crippen LogP contribution in [0.5, 0.6) is 0 Å². The minimum Gasteiger partial charge on any atom is -0.463 e. The van der Waals surface area contributed by atoms with Crippen molar-refractivity contribution in [3.63, 3.8) is 0 Å². The molecular formula is C14H21ClO7. The van der Waals surface area contributed by atoms with Gasteiger partial charge >= 0.3 is 17.9 Å². The van der Waals surface area contributed by atoms with E-state index in [2.05, 4.69) is 0 Å². The maximum atomic E-state index is 11.3. The number of carbonyl (C=O) groups excluding carboxylic acids is 3. The van der Waals surface area contributed by atoms with E-state index in [-0.39, 0.29) is 6.61 Å². The minimum atomic E-state index is -0.818. The van der Waals surface area contributed by atoms with Gasteiger partial charge in [0.1, 0.15) is 12.7 Å². The van der Waals surface area contributed by atoms with Gasteiger partial charge in [0.05, 0.1) is 6.10 Å². The molecule has 1 saturated heterocycles.